The molecule has 0 atom stereocenters. The van der Waals surface area contributed by atoms with E-state index < -0.39 is 0 Å². The Kier molecular flexibility index (Phi) is 5.94. The average molecular weight is 221 g/mol. The van der Waals surface area contributed by atoms with E-state index in [-0.39, 0.29) is 0 Å². The fourth-order valence-electron chi connectivity index (χ4n) is 1.82. The zero-order valence-corrected chi connectivity index (χ0v) is 10.7. The lowest BCUT2D eigenvalue weighted by Crippen LogP contribution is -2.06. The van der Waals surface area contributed by atoms with Crippen molar-refractivity contribution in [3.63, 3.8) is 0 Å². The van der Waals surface area contributed by atoms with Crippen molar-refractivity contribution >= 4 is 5.69 Å². The van der Waals surface area contributed by atoms with E-state index in [1.165, 1.54) is 11.1 Å². The summed E-state index contributed by atoms with van der Waals surface area (Å²) in [5.41, 5.74) is 6.98. The Morgan fingerprint density at radius 1 is 1.12 bits per heavy atom. The van der Waals surface area contributed by atoms with E-state index in [0.717, 1.165) is 38.0 Å². The quantitative estimate of drug-likeness (QED) is 0.556. The predicted molar refractivity (Wildman–Crippen MR) is 69.7 cm³/mol. The average Bonchev–Trinajstić information content (AvgIpc) is 2.34. The second kappa shape index (κ2) is 7.29. The zero-order valence-electron chi connectivity index (χ0n) is 10.7. The van der Waals surface area contributed by atoms with E-state index in [1.807, 2.05) is 0 Å². The third kappa shape index (κ3) is 3.53. The molecule has 0 unspecified atom stereocenters. The molecular weight excluding hydrogens is 198 g/mol. The molecular formula is C14H23NO. The largest absolute Gasteiger partial charge is 0.276 e. The molecule has 2 heteroatoms. The van der Waals surface area contributed by atoms with Gasteiger partial charge >= 0.3 is 0 Å². The predicted octanol–water partition coefficient (Wildman–Crippen LogP) is 3.96. The minimum atomic E-state index is 0.774. The third-order valence-corrected chi connectivity index (χ3v) is 2.79. The molecule has 0 heterocycles. The van der Waals surface area contributed by atoms with Crippen molar-refractivity contribution in [2.24, 2.45) is 0 Å². The van der Waals surface area contributed by atoms with E-state index in [1.54, 1.807) is 0 Å². The molecule has 0 radical (unpaired) electrons. The van der Waals surface area contributed by atoms with Gasteiger partial charge in [0, 0.05) is 0 Å². The van der Waals surface area contributed by atoms with Gasteiger partial charge in [0.2, 0.25) is 0 Å². The summed E-state index contributed by atoms with van der Waals surface area (Å²) in [6.07, 6.45) is 4.39. The normalized spacial score (nSPS) is 10.4. The third-order valence-electron chi connectivity index (χ3n) is 2.79. The van der Waals surface area contributed by atoms with Gasteiger partial charge in [-0.25, -0.2) is 0 Å². The maximum Gasteiger partial charge on any atom is 0.0745 e. The van der Waals surface area contributed by atoms with E-state index in [9.17, 15) is 0 Å². The van der Waals surface area contributed by atoms with Gasteiger partial charge in [-0.1, -0.05) is 39.3 Å². The van der Waals surface area contributed by atoms with Gasteiger partial charge in [-0.3, -0.25) is 10.3 Å². The highest BCUT2D eigenvalue weighted by molar-refractivity contribution is 5.53. The first-order valence-corrected chi connectivity index (χ1v) is 6.32. The van der Waals surface area contributed by atoms with Crippen LogP contribution in [0, 0.1) is 0 Å². The summed E-state index contributed by atoms with van der Waals surface area (Å²) in [6, 6.07) is 6.36. The zero-order chi connectivity index (χ0) is 11.8. The van der Waals surface area contributed by atoms with Crippen LogP contribution in [-0.4, -0.2) is 6.61 Å². The first-order valence-electron chi connectivity index (χ1n) is 6.32. The lowest BCUT2D eigenvalue weighted by atomic mass is 10.0. The molecule has 1 rings (SSSR count). The maximum absolute atomic E-state index is 5.45. The Hall–Kier alpha value is -1.02. The minimum absolute atomic E-state index is 0.774. The number of aryl methyl sites for hydroxylation is 1. The van der Waals surface area contributed by atoms with Gasteiger partial charge in [0.1, 0.15) is 0 Å². The highest BCUT2D eigenvalue weighted by atomic mass is 16.6. The monoisotopic (exact) mass is 221 g/mol. The molecule has 0 amide bonds. The van der Waals surface area contributed by atoms with Crippen LogP contribution in [0.25, 0.3) is 0 Å². The number of anilines is 1. The molecule has 0 fully saturated rings. The molecule has 0 aliphatic heterocycles. The van der Waals surface area contributed by atoms with Crippen LogP contribution in [0.5, 0.6) is 0 Å². The van der Waals surface area contributed by atoms with Crippen LogP contribution < -0.4 is 5.48 Å². The number of hydrogen-bond acceptors (Lipinski definition) is 2. The van der Waals surface area contributed by atoms with Gasteiger partial charge in [0.05, 0.1) is 12.3 Å². The fraction of sp³-hybridized carbons (Fsp3) is 0.571. The van der Waals surface area contributed by atoms with Crippen molar-refractivity contribution in [3.8, 4) is 0 Å². The summed E-state index contributed by atoms with van der Waals surface area (Å²) < 4.78 is 0. The molecule has 0 spiro atoms. The van der Waals surface area contributed by atoms with Gasteiger partial charge in [-0.2, -0.15) is 0 Å². The van der Waals surface area contributed by atoms with Crippen LogP contribution in [-0.2, 0) is 17.7 Å². The Balaban J connectivity index is 2.63. The first kappa shape index (κ1) is 13.0. The lowest BCUT2D eigenvalue weighted by molar-refractivity contribution is 0.189. The Morgan fingerprint density at radius 3 is 2.56 bits per heavy atom. The molecule has 1 aromatic carbocycles. The van der Waals surface area contributed by atoms with Gasteiger partial charge in [-0.05, 0) is 36.5 Å². The SMILES string of the molecule is CCCCONc1cccc(CC)c1CC. The molecule has 0 bridgehead atoms. The number of nitrogens with one attached hydrogen (secondary N) is 1. The number of rotatable bonds is 7. The molecule has 2 nitrogen and oxygen atoms in total. The number of hydrogen-bond donors (Lipinski definition) is 1. The molecule has 0 saturated heterocycles. The van der Waals surface area contributed by atoms with Crippen molar-refractivity contribution < 1.29 is 4.84 Å². The smallest absolute Gasteiger partial charge is 0.0745 e. The summed E-state index contributed by atoms with van der Waals surface area (Å²) in [5.74, 6) is 0. The molecule has 0 aromatic heterocycles. The highest BCUT2D eigenvalue weighted by Crippen LogP contribution is 2.21. The lowest BCUT2D eigenvalue weighted by Gasteiger charge is -2.14. The molecule has 16 heavy (non-hydrogen) atoms. The summed E-state index contributed by atoms with van der Waals surface area (Å²) in [7, 11) is 0. The first-order chi connectivity index (χ1) is 7.83. The van der Waals surface area contributed by atoms with Crippen molar-refractivity contribution in [2.45, 2.75) is 46.5 Å². The Morgan fingerprint density at radius 2 is 1.94 bits per heavy atom. The molecule has 90 valence electrons. The second-order valence-electron chi connectivity index (χ2n) is 3.95. The second-order valence-corrected chi connectivity index (χ2v) is 3.95. The Bertz CT molecular complexity index is 310. The van der Waals surface area contributed by atoms with Gasteiger partial charge in [-0.15, -0.1) is 0 Å². The van der Waals surface area contributed by atoms with Crippen LogP contribution in [0.3, 0.4) is 0 Å². The molecule has 0 aliphatic rings. The van der Waals surface area contributed by atoms with Crippen LogP contribution in [0.1, 0.15) is 44.7 Å². The van der Waals surface area contributed by atoms with Gasteiger partial charge in [0.15, 0.2) is 0 Å². The molecule has 1 N–H and O–H groups in total. The van der Waals surface area contributed by atoms with E-state index in [4.69, 9.17) is 4.84 Å². The Labute approximate surface area is 99.0 Å². The van der Waals surface area contributed by atoms with Crippen molar-refractivity contribution in [2.75, 3.05) is 12.1 Å². The van der Waals surface area contributed by atoms with Crippen LogP contribution in [0.15, 0.2) is 18.2 Å². The topological polar surface area (TPSA) is 21.3 Å². The van der Waals surface area contributed by atoms with Gasteiger partial charge < -0.3 is 0 Å². The number of unbranched alkanes of at least 4 members (excludes halogenated alkanes) is 1. The standard InChI is InChI=1S/C14H23NO/c1-4-7-11-16-15-14-10-8-9-12(5-2)13(14)6-3/h8-10,15H,4-7,11H2,1-3H3. The van der Waals surface area contributed by atoms with Crippen LogP contribution >= 0.6 is 0 Å². The van der Waals surface area contributed by atoms with Crippen molar-refractivity contribution in [1.82, 2.24) is 0 Å². The summed E-state index contributed by atoms with van der Waals surface area (Å²) in [4.78, 5) is 5.45. The maximum atomic E-state index is 5.45. The van der Waals surface area contributed by atoms with Crippen LogP contribution in [0.2, 0.25) is 0 Å². The molecule has 0 aliphatic carbocycles. The van der Waals surface area contributed by atoms with Crippen LogP contribution in [0.4, 0.5) is 5.69 Å². The van der Waals surface area contributed by atoms with Crippen molar-refractivity contribution in [3.05, 3.63) is 29.3 Å². The highest BCUT2D eigenvalue weighted by Gasteiger charge is 2.04. The summed E-state index contributed by atoms with van der Waals surface area (Å²) >= 11 is 0. The fourth-order valence-corrected chi connectivity index (χ4v) is 1.82. The summed E-state index contributed by atoms with van der Waals surface area (Å²) in [5, 5.41) is 0. The molecule has 1 aromatic rings. The van der Waals surface area contributed by atoms with E-state index in [2.05, 4.69) is 44.5 Å². The number of benzene rings is 1. The minimum Gasteiger partial charge on any atom is -0.276 e. The van der Waals surface area contributed by atoms with E-state index >= 15 is 0 Å². The van der Waals surface area contributed by atoms with Gasteiger partial charge in [0.25, 0.3) is 0 Å². The summed E-state index contributed by atoms with van der Waals surface area (Å²) in [6.45, 7) is 7.32. The van der Waals surface area contributed by atoms with Crippen molar-refractivity contribution in [1.29, 1.82) is 0 Å². The van der Waals surface area contributed by atoms with E-state index in [0.29, 0.717) is 0 Å². The molecule has 0 saturated carbocycles.